The Hall–Kier alpha value is -2.54. The molecule has 130 valence electrons. The maximum absolute atomic E-state index is 5.73. The van der Waals surface area contributed by atoms with Crippen LogP contribution >= 0.6 is 15.9 Å². The van der Waals surface area contributed by atoms with E-state index in [2.05, 4.69) is 26.1 Å². The van der Waals surface area contributed by atoms with Gasteiger partial charge in [0.2, 0.25) is 5.82 Å². The minimum atomic E-state index is 0.174. The summed E-state index contributed by atoms with van der Waals surface area (Å²) in [6, 6.07) is 11.3. The molecule has 1 heterocycles. The molecule has 3 rings (SSSR count). The molecule has 0 radical (unpaired) electrons. The van der Waals surface area contributed by atoms with Gasteiger partial charge in [-0.1, -0.05) is 11.2 Å². The highest BCUT2D eigenvalue weighted by Crippen LogP contribution is 2.32. The summed E-state index contributed by atoms with van der Waals surface area (Å²) in [5, 5.41) is 4.00. The van der Waals surface area contributed by atoms with E-state index in [-0.39, 0.29) is 6.61 Å². The number of aryl methyl sites for hydroxylation is 1. The highest BCUT2D eigenvalue weighted by Gasteiger charge is 2.15. The number of aromatic nitrogens is 2. The predicted octanol–water partition coefficient (Wildman–Crippen LogP) is 4.40. The van der Waals surface area contributed by atoms with Crippen LogP contribution in [-0.2, 0) is 6.61 Å². The maximum Gasteiger partial charge on any atom is 0.264 e. The Morgan fingerprint density at radius 3 is 2.60 bits per heavy atom. The fourth-order valence-corrected chi connectivity index (χ4v) is 2.88. The van der Waals surface area contributed by atoms with Crippen LogP contribution in [0.25, 0.3) is 11.4 Å². The van der Waals surface area contributed by atoms with Gasteiger partial charge in [-0.2, -0.15) is 4.98 Å². The molecule has 0 saturated carbocycles. The molecular weight excluding hydrogens is 388 g/mol. The molecule has 0 unspecified atom stereocenters. The second-order valence-electron chi connectivity index (χ2n) is 5.30. The molecule has 0 spiro atoms. The molecular formula is C18H17BrN2O4. The van der Waals surface area contributed by atoms with Crippen molar-refractivity contribution < 1.29 is 18.7 Å². The van der Waals surface area contributed by atoms with E-state index in [9.17, 15) is 0 Å². The Balaban J connectivity index is 1.76. The van der Waals surface area contributed by atoms with Crippen LogP contribution in [0.3, 0.4) is 0 Å². The minimum Gasteiger partial charge on any atom is -0.497 e. The van der Waals surface area contributed by atoms with Gasteiger partial charge in [-0.15, -0.1) is 0 Å². The number of halogens is 1. The molecule has 3 aromatic rings. The number of methoxy groups -OCH3 is 2. The lowest BCUT2D eigenvalue weighted by Gasteiger charge is -2.07. The second-order valence-corrected chi connectivity index (χ2v) is 6.15. The first kappa shape index (κ1) is 17.3. The van der Waals surface area contributed by atoms with Crippen molar-refractivity contribution in [3.63, 3.8) is 0 Å². The zero-order valence-electron chi connectivity index (χ0n) is 14.1. The average Bonchev–Trinajstić information content (AvgIpc) is 3.09. The Morgan fingerprint density at radius 1 is 1.04 bits per heavy atom. The number of rotatable bonds is 6. The van der Waals surface area contributed by atoms with Crippen molar-refractivity contribution in [1.29, 1.82) is 0 Å². The standard InChI is InChI=1S/C18H17BrN2O4/c1-11-4-7-15(14(19)8-11)24-10-17-20-18(21-25-17)13-6-5-12(22-2)9-16(13)23-3/h4-9H,10H2,1-3H3. The third-order valence-corrected chi connectivity index (χ3v) is 4.18. The van der Waals surface area contributed by atoms with E-state index in [4.69, 9.17) is 18.7 Å². The molecule has 0 aliphatic heterocycles. The third kappa shape index (κ3) is 3.93. The smallest absolute Gasteiger partial charge is 0.264 e. The Kier molecular flexibility index (Phi) is 5.23. The zero-order chi connectivity index (χ0) is 17.8. The lowest BCUT2D eigenvalue weighted by molar-refractivity contribution is 0.241. The molecule has 25 heavy (non-hydrogen) atoms. The number of hydrogen-bond donors (Lipinski definition) is 0. The van der Waals surface area contributed by atoms with Crippen molar-refractivity contribution in [2.75, 3.05) is 14.2 Å². The quantitative estimate of drug-likeness (QED) is 0.606. The van der Waals surface area contributed by atoms with Gasteiger partial charge in [-0.25, -0.2) is 0 Å². The van der Waals surface area contributed by atoms with Crippen LogP contribution in [0.2, 0.25) is 0 Å². The van der Waals surface area contributed by atoms with E-state index in [1.165, 1.54) is 0 Å². The summed E-state index contributed by atoms with van der Waals surface area (Å²) in [5.74, 6) is 2.82. The zero-order valence-corrected chi connectivity index (χ0v) is 15.7. The van der Waals surface area contributed by atoms with E-state index in [1.807, 2.05) is 37.3 Å². The first-order valence-electron chi connectivity index (χ1n) is 7.54. The van der Waals surface area contributed by atoms with Gasteiger partial charge in [0, 0.05) is 6.07 Å². The summed E-state index contributed by atoms with van der Waals surface area (Å²) in [7, 11) is 3.18. The van der Waals surface area contributed by atoms with Gasteiger partial charge in [-0.3, -0.25) is 0 Å². The van der Waals surface area contributed by atoms with Crippen LogP contribution in [0, 0.1) is 6.92 Å². The van der Waals surface area contributed by atoms with Crippen molar-refractivity contribution in [2.45, 2.75) is 13.5 Å². The molecule has 0 fully saturated rings. The van der Waals surface area contributed by atoms with E-state index < -0.39 is 0 Å². The van der Waals surface area contributed by atoms with Crippen LogP contribution < -0.4 is 14.2 Å². The van der Waals surface area contributed by atoms with Gasteiger partial charge in [-0.05, 0) is 52.7 Å². The van der Waals surface area contributed by atoms with E-state index >= 15 is 0 Å². The van der Waals surface area contributed by atoms with Gasteiger partial charge in [0.15, 0.2) is 6.61 Å². The van der Waals surface area contributed by atoms with Gasteiger partial charge in [0.1, 0.15) is 17.2 Å². The maximum atomic E-state index is 5.73. The highest BCUT2D eigenvalue weighted by molar-refractivity contribution is 9.10. The van der Waals surface area contributed by atoms with Crippen LogP contribution in [0.5, 0.6) is 17.2 Å². The number of hydrogen-bond acceptors (Lipinski definition) is 6. The molecule has 0 N–H and O–H groups in total. The van der Waals surface area contributed by atoms with E-state index in [0.29, 0.717) is 29.0 Å². The molecule has 0 aliphatic carbocycles. The SMILES string of the molecule is COc1ccc(-c2noc(COc3ccc(C)cc3Br)n2)c(OC)c1. The lowest BCUT2D eigenvalue weighted by atomic mass is 10.2. The Bertz CT molecular complexity index is 879. The highest BCUT2D eigenvalue weighted by atomic mass is 79.9. The topological polar surface area (TPSA) is 66.6 Å². The first-order chi connectivity index (χ1) is 12.1. The lowest BCUT2D eigenvalue weighted by Crippen LogP contribution is -1.97. The summed E-state index contributed by atoms with van der Waals surface area (Å²) in [5.41, 5.74) is 1.86. The molecule has 0 amide bonds. The van der Waals surface area contributed by atoms with Crippen molar-refractivity contribution in [3.05, 3.63) is 52.3 Å². The van der Waals surface area contributed by atoms with Crippen LogP contribution in [0.1, 0.15) is 11.5 Å². The molecule has 0 aliphatic rings. The second kappa shape index (κ2) is 7.57. The van der Waals surface area contributed by atoms with Gasteiger partial charge >= 0.3 is 0 Å². The first-order valence-corrected chi connectivity index (χ1v) is 8.34. The molecule has 0 saturated heterocycles. The third-order valence-electron chi connectivity index (χ3n) is 3.56. The van der Waals surface area contributed by atoms with E-state index in [0.717, 1.165) is 15.6 Å². The fourth-order valence-electron chi connectivity index (χ4n) is 2.27. The van der Waals surface area contributed by atoms with Gasteiger partial charge in [0.05, 0.1) is 24.3 Å². The molecule has 2 aromatic carbocycles. The van der Waals surface area contributed by atoms with Crippen LogP contribution in [-0.4, -0.2) is 24.4 Å². The fraction of sp³-hybridized carbons (Fsp3) is 0.222. The summed E-state index contributed by atoms with van der Waals surface area (Å²) in [6.07, 6.45) is 0. The number of benzene rings is 2. The largest absolute Gasteiger partial charge is 0.497 e. The van der Waals surface area contributed by atoms with Crippen molar-refractivity contribution >= 4 is 15.9 Å². The van der Waals surface area contributed by atoms with Gasteiger partial charge < -0.3 is 18.7 Å². The minimum absolute atomic E-state index is 0.174. The number of nitrogens with zero attached hydrogens (tertiary/aromatic N) is 2. The molecule has 7 heteroatoms. The normalized spacial score (nSPS) is 10.6. The summed E-state index contributed by atoms with van der Waals surface area (Å²) in [4.78, 5) is 4.37. The summed E-state index contributed by atoms with van der Waals surface area (Å²) < 4.78 is 22.4. The van der Waals surface area contributed by atoms with E-state index in [1.54, 1.807) is 20.3 Å². The summed E-state index contributed by atoms with van der Waals surface area (Å²) >= 11 is 3.47. The van der Waals surface area contributed by atoms with Crippen LogP contribution in [0.15, 0.2) is 45.4 Å². The predicted molar refractivity (Wildman–Crippen MR) is 96.0 cm³/mol. The monoisotopic (exact) mass is 404 g/mol. The molecule has 0 bridgehead atoms. The van der Waals surface area contributed by atoms with Gasteiger partial charge in [0.25, 0.3) is 5.89 Å². The summed E-state index contributed by atoms with van der Waals surface area (Å²) in [6.45, 7) is 2.19. The van der Waals surface area contributed by atoms with Crippen molar-refractivity contribution in [3.8, 4) is 28.6 Å². The average molecular weight is 405 g/mol. The molecule has 0 atom stereocenters. The van der Waals surface area contributed by atoms with Crippen molar-refractivity contribution in [1.82, 2.24) is 10.1 Å². The Morgan fingerprint density at radius 2 is 1.88 bits per heavy atom. The molecule has 1 aromatic heterocycles. The molecule has 6 nitrogen and oxygen atoms in total. The van der Waals surface area contributed by atoms with Crippen LogP contribution in [0.4, 0.5) is 0 Å². The Labute approximate surface area is 153 Å². The van der Waals surface area contributed by atoms with Crippen molar-refractivity contribution in [2.24, 2.45) is 0 Å². The number of ether oxygens (including phenoxy) is 3.